The summed E-state index contributed by atoms with van der Waals surface area (Å²) in [7, 11) is 0. The molecule has 1 aliphatic carbocycles. The molecule has 0 aliphatic heterocycles. The fourth-order valence-corrected chi connectivity index (χ4v) is 2.88. The summed E-state index contributed by atoms with van der Waals surface area (Å²) < 4.78 is 6.69. The predicted octanol–water partition coefficient (Wildman–Crippen LogP) is 0.980. The molecule has 6 nitrogen and oxygen atoms in total. The average molecular weight is 340 g/mol. The van der Waals surface area contributed by atoms with E-state index in [9.17, 15) is 19.8 Å². The third-order valence-electron chi connectivity index (χ3n) is 4.11. The standard InChI is InChI=1S/C19H18NO5/c1-2-25-18(23)15(12-20-10-6-3-7-11-20)19(24)16(21)13-8-4-5-9-14(13)17(19)22/h3-12,18,23-24H,2H2,1H3/q+1/b15-12-. The highest BCUT2D eigenvalue weighted by molar-refractivity contribution is 6.34. The van der Waals surface area contributed by atoms with E-state index in [1.54, 1.807) is 49.6 Å². The number of carbonyl (C=O) groups excluding carboxylic acids is 2. The fraction of sp³-hybridized carbons (Fsp3) is 0.211. The van der Waals surface area contributed by atoms with Crippen molar-refractivity contribution in [2.75, 3.05) is 6.61 Å². The number of pyridine rings is 1. The number of Topliss-reactive ketones (excluding diaryl/α,β-unsaturated/α-hetero) is 2. The van der Waals surface area contributed by atoms with E-state index in [1.807, 2.05) is 0 Å². The second-order valence-corrected chi connectivity index (χ2v) is 5.63. The van der Waals surface area contributed by atoms with Crippen molar-refractivity contribution in [3.8, 4) is 0 Å². The Labute approximate surface area is 144 Å². The SMILES string of the molecule is CCOC(O)/C(=C/[n+]1ccccc1)C1(O)C(=O)c2ccccc2C1=O. The Hall–Kier alpha value is -2.67. The summed E-state index contributed by atoms with van der Waals surface area (Å²) >= 11 is 0. The minimum absolute atomic E-state index is 0.127. The van der Waals surface area contributed by atoms with Crippen molar-refractivity contribution in [3.63, 3.8) is 0 Å². The van der Waals surface area contributed by atoms with E-state index in [0.717, 1.165) is 0 Å². The minimum Gasteiger partial charge on any atom is -0.370 e. The maximum absolute atomic E-state index is 12.8. The summed E-state index contributed by atoms with van der Waals surface area (Å²) in [6.07, 6.45) is 3.03. The zero-order chi connectivity index (χ0) is 18.0. The van der Waals surface area contributed by atoms with Gasteiger partial charge >= 0.3 is 0 Å². The minimum atomic E-state index is -2.50. The monoisotopic (exact) mass is 340 g/mol. The van der Waals surface area contributed by atoms with Gasteiger partial charge in [-0.05, 0) is 6.92 Å². The predicted molar refractivity (Wildman–Crippen MR) is 88.6 cm³/mol. The molecule has 0 saturated heterocycles. The van der Waals surface area contributed by atoms with E-state index < -0.39 is 23.5 Å². The molecule has 1 aromatic heterocycles. The van der Waals surface area contributed by atoms with Gasteiger partial charge in [0.25, 0.3) is 0 Å². The van der Waals surface area contributed by atoms with E-state index in [-0.39, 0.29) is 23.3 Å². The van der Waals surface area contributed by atoms with Crippen molar-refractivity contribution in [1.29, 1.82) is 0 Å². The molecule has 1 atom stereocenters. The lowest BCUT2D eigenvalue weighted by Crippen LogP contribution is -2.49. The van der Waals surface area contributed by atoms with E-state index in [1.165, 1.54) is 22.9 Å². The van der Waals surface area contributed by atoms with Crippen LogP contribution in [0.1, 0.15) is 27.6 Å². The lowest BCUT2D eigenvalue weighted by Gasteiger charge is -2.24. The molecule has 0 spiro atoms. The van der Waals surface area contributed by atoms with Crippen LogP contribution in [-0.2, 0) is 4.74 Å². The van der Waals surface area contributed by atoms with Crippen molar-refractivity contribution >= 4 is 17.8 Å². The number of ketones is 2. The molecule has 3 rings (SSSR count). The van der Waals surface area contributed by atoms with Gasteiger partial charge in [-0.25, -0.2) is 0 Å². The zero-order valence-electron chi connectivity index (χ0n) is 13.6. The van der Waals surface area contributed by atoms with Gasteiger partial charge in [-0.1, -0.05) is 30.3 Å². The third kappa shape index (κ3) is 2.80. The Bertz CT molecular complexity index is 809. The molecule has 6 heteroatoms. The Kier molecular flexibility index (Phi) is 4.59. The lowest BCUT2D eigenvalue weighted by molar-refractivity contribution is -0.569. The largest absolute Gasteiger partial charge is 0.370 e. The van der Waals surface area contributed by atoms with Crippen LogP contribution in [0.2, 0.25) is 0 Å². The first-order valence-electron chi connectivity index (χ1n) is 7.88. The Balaban J connectivity index is 2.15. The van der Waals surface area contributed by atoms with Crippen LogP contribution < -0.4 is 4.57 Å². The van der Waals surface area contributed by atoms with E-state index >= 15 is 0 Å². The van der Waals surface area contributed by atoms with Crippen LogP contribution in [0.25, 0.3) is 6.20 Å². The van der Waals surface area contributed by atoms with Gasteiger partial charge in [0.1, 0.15) is 0 Å². The van der Waals surface area contributed by atoms with Crippen molar-refractivity contribution in [1.82, 2.24) is 0 Å². The number of rotatable bonds is 5. The zero-order valence-corrected chi connectivity index (χ0v) is 13.6. The number of aliphatic hydroxyl groups is 2. The number of aromatic nitrogens is 1. The molecule has 1 unspecified atom stereocenters. The molecule has 2 N–H and O–H groups in total. The van der Waals surface area contributed by atoms with Crippen LogP contribution in [0, 0.1) is 0 Å². The van der Waals surface area contributed by atoms with Crippen molar-refractivity contribution in [2.24, 2.45) is 0 Å². The summed E-state index contributed by atoms with van der Waals surface area (Å²) in [5, 5.41) is 21.4. The number of nitrogens with zero attached hydrogens (tertiary/aromatic N) is 1. The highest BCUT2D eigenvalue weighted by Gasteiger charge is 2.57. The second-order valence-electron chi connectivity index (χ2n) is 5.63. The smallest absolute Gasteiger partial charge is 0.223 e. The number of fused-ring (bicyclic) bond motifs is 1. The van der Waals surface area contributed by atoms with E-state index in [0.29, 0.717) is 0 Å². The van der Waals surface area contributed by atoms with Crippen LogP contribution in [-0.4, -0.2) is 40.3 Å². The van der Waals surface area contributed by atoms with Crippen LogP contribution in [0.4, 0.5) is 0 Å². The number of benzene rings is 1. The summed E-state index contributed by atoms with van der Waals surface area (Å²) in [5.41, 5.74) is -2.47. The third-order valence-corrected chi connectivity index (χ3v) is 4.11. The molecule has 0 bridgehead atoms. The van der Waals surface area contributed by atoms with Gasteiger partial charge in [-0.3, -0.25) is 9.59 Å². The van der Waals surface area contributed by atoms with Crippen molar-refractivity contribution in [2.45, 2.75) is 18.8 Å². The van der Waals surface area contributed by atoms with Gasteiger partial charge in [0.15, 0.2) is 24.9 Å². The maximum Gasteiger partial charge on any atom is 0.223 e. The molecule has 0 saturated carbocycles. The van der Waals surface area contributed by atoms with Gasteiger partial charge in [-0.15, -0.1) is 0 Å². The number of carbonyl (C=O) groups is 2. The molecular formula is C19H18NO5+. The lowest BCUT2D eigenvalue weighted by atomic mass is 9.88. The first-order valence-corrected chi connectivity index (χ1v) is 7.88. The molecule has 1 heterocycles. The Morgan fingerprint density at radius 3 is 2.20 bits per heavy atom. The van der Waals surface area contributed by atoms with Gasteiger partial charge < -0.3 is 14.9 Å². The summed E-state index contributed by atoms with van der Waals surface area (Å²) in [5.74, 6) is -1.54. The molecule has 0 amide bonds. The number of hydrogen-bond donors (Lipinski definition) is 2. The Morgan fingerprint density at radius 2 is 1.68 bits per heavy atom. The number of ether oxygens (including phenoxy) is 1. The summed E-state index contributed by atoms with van der Waals surface area (Å²) in [6, 6.07) is 11.5. The van der Waals surface area contributed by atoms with Crippen LogP contribution >= 0.6 is 0 Å². The molecule has 0 fully saturated rings. The molecule has 1 aliphatic rings. The number of aliphatic hydroxyl groups excluding tert-OH is 1. The molecule has 25 heavy (non-hydrogen) atoms. The van der Waals surface area contributed by atoms with Crippen LogP contribution in [0.5, 0.6) is 0 Å². The van der Waals surface area contributed by atoms with Gasteiger partial charge in [0, 0.05) is 29.9 Å². The maximum atomic E-state index is 12.8. The molecular weight excluding hydrogens is 322 g/mol. The van der Waals surface area contributed by atoms with Crippen molar-refractivity contribution < 1.29 is 29.1 Å². The first kappa shape index (κ1) is 17.2. The quantitative estimate of drug-likeness (QED) is 0.481. The van der Waals surface area contributed by atoms with Crippen molar-refractivity contribution in [3.05, 3.63) is 71.6 Å². The van der Waals surface area contributed by atoms with E-state index in [2.05, 4.69) is 0 Å². The topological polar surface area (TPSA) is 87.7 Å². The second kappa shape index (κ2) is 6.68. The summed E-state index contributed by atoms with van der Waals surface area (Å²) in [6.45, 7) is 1.80. The van der Waals surface area contributed by atoms with E-state index in [4.69, 9.17) is 4.74 Å². The highest BCUT2D eigenvalue weighted by Crippen LogP contribution is 2.36. The average Bonchev–Trinajstić information content (AvgIpc) is 2.83. The summed E-state index contributed by atoms with van der Waals surface area (Å²) in [4.78, 5) is 25.6. The molecule has 128 valence electrons. The molecule has 0 radical (unpaired) electrons. The Morgan fingerprint density at radius 1 is 1.12 bits per heavy atom. The number of hydrogen-bond acceptors (Lipinski definition) is 5. The molecule has 2 aromatic rings. The highest BCUT2D eigenvalue weighted by atomic mass is 16.6. The van der Waals surface area contributed by atoms with Gasteiger partial charge in [-0.2, -0.15) is 4.57 Å². The van der Waals surface area contributed by atoms with Crippen LogP contribution in [0.3, 0.4) is 0 Å². The normalized spacial score (nSPS) is 17.5. The molecule has 1 aromatic carbocycles. The first-order chi connectivity index (χ1) is 12.0. The van der Waals surface area contributed by atoms with Gasteiger partial charge in [0.2, 0.25) is 17.2 Å². The van der Waals surface area contributed by atoms with Gasteiger partial charge in [0.05, 0.1) is 5.57 Å². The van der Waals surface area contributed by atoms with Crippen LogP contribution in [0.15, 0.2) is 60.4 Å². The fourth-order valence-electron chi connectivity index (χ4n) is 2.88.